The minimum atomic E-state index is -0.232. The zero-order valence-corrected chi connectivity index (χ0v) is 17.0. The molecular formula is C21H14BrClN2O3. The van der Waals surface area contributed by atoms with Crippen LogP contribution in [0.25, 0.3) is 22.6 Å². The van der Waals surface area contributed by atoms with Crippen LogP contribution < -0.4 is 10.1 Å². The Morgan fingerprint density at radius 2 is 2.00 bits per heavy atom. The van der Waals surface area contributed by atoms with E-state index in [1.807, 2.05) is 18.2 Å². The summed E-state index contributed by atoms with van der Waals surface area (Å²) in [4.78, 5) is 17.0. The topological polar surface area (TPSA) is 64.4 Å². The Morgan fingerprint density at radius 3 is 2.79 bits per heavy atom. The Morgan fingerprint density at radius 1 is 1.14 bits per heavy atom. The fraction of sp³-hybridized carbons (Fsp3) is 0.0476. The molecule has 1 heterocycles. The molecule has 0 aliphatic carbocycles. The van der Waals surface area contributed by atoms with Gasteiger partial charge in [0.05, 0.1) is 11.6 Å². The number of anilines is 1. The molecule has 5 nitrogen and oxygen atoms in total. The molecule has 0 radical (unpaired) electrons. The first kappa shape index (κ1) is 18.5. The Hall–Kier alpha value is -2.83. The van der Waals surface area contributed by atoms with Crippen LogP contribution in [0.1, 0.15) is 10.4 Å². The SMILES string of the molecule is COc1ccc(C(=O)Nc2cccc(-c3nc4cc(Cl)ccc4o3)c2)cc1Br. The van der Waals surface area contributed by atoms with E-state index in [1.165, 1.54) is 0 Å². The van der Waals surface area contributed by atoms with Crippen molar-refractivity contribution >= 4 is 50.2 Å². The molecule has 0 saturated heterocycles. The maximum Gasteiger partial charge on any atom is 0.255 e. The lowest BCUT2D eigenvalue weighted by Gasteiger charge is -2.08. The fourth-order valence-electron chi connectivity index (χ4n) is 2.76. The molecule has 0 unspecified atom stereocenters. The van der Waals surface area contributed by atoms with E-state index in [-0.39, 0.29) is 5.91 Å². The van der Waals surface area contributed by atoms with E-state index in [0.717, 1.165) is 5.56 Å². The van der Waals surface area contributed by atoms with Crippen LogP contribution in [0.2, 0.25) is 5.02 Å². The van der Waals surface area contributed by atoms with Gasteiger partial charge in [-0.3, -0.25) is 4.79 Å². The van der Waals surface area contributed by atoms with Crippen LogP contribution in [0.4, 0.5) is 5.69 Å². The van der Waals surface area contributed by atoms with Crippen LogP contribution in [0, 0.1) is 0 Å². The third kappa shape index (κ3) is 3.74. The van der Waals surface area contributed by atoms with Crippen LogP contribution in [-0.2, 0) is 0 Å². The first-order chi connectivity index (χ1) is 13.5. The monoisotopic (exact) mass is 456 g/mol. The van der Waals surface area contributed by atoms with Gasteiger partial charge in [0.2, 0.25) is 5.89 Å². The highest BCUT2D eigenvalue weighted by atomic mass is 79.9. The van der Waals surface area contributed by atoms with Gasteiger partial charge < -0.3 is 14.5 Å². The van der Waals surface area contributed by atoms with Crippen LogP contribution in [0.5, 0.6) is 5.75 Å². The molecule has 0 spiro atoms. The molecule has 7 heteroatoms. The summed E-state index contributed by atoms with van der Waals surface area (Å²) in [6, 6.07) is 17.7. The second-order valence-corrected chi connectivity index (χ2v) is 7.31. The molecule has 1 aromatic heterocycles. The van der Waals surface area contributed by atoms with Gasteiger partial charge in [-0.1, -0.05) is 17.7 Å². The number of amides is 1. The lowest BCUT2D eigenvalue weighted by atomic mass is 10.1. The van der Waals surface area contributed by atoms with Crippen molar-refractivity contribution in [2.24, 2.45) is 0 Å². The van der Waals surface area contributed by atoms with Crippen molar-refractivity contribution in [3.63, 3.8) is 0 Å². The van der Waals surface area contributed by atoms with Crippen LogP contribution >= 0.6 is 27.5 Å². The molecule has 3 aromatic carbocycles. The van der Waals surface area contributed by atoms with E-state index >= 15 is 0 Å². The summed E-state index contributed by atoms with van der Waals surface area (Å²) in [6.07, 6.45) is 0. The molecule has 140 valence electrons. The first-order valence-corrected chi connectivity index (χ1v) is 9.52. The smallest absolute Gasteiger partial charge is 0.255 e. The number of hydrogen-bond donors (Lipinski definition) is 1. The summed E-state index contributed by atoms with van der Waals surface area (Å²) in [5, 5.41) is 3.48. The van der Waals surface area contributed by atoms with Gasteiger partial charge in [0.1, 0.15) is 11.3 Å². The molecule has 4 rings (SSSR count). The van der Waals surface area contributed by atoms with Crippen molar-refractivity contribution in [2.75, 3.05) is 12.4 Å². The van der Waals surface area contributed by atoms with E-state index in [9.17, 15) is 4.79 Å². The van der Waals surface area contributed by atoms with Gasteiger partial charge in [0.25, 0.3) is 5.91 Å². The first-order valence-electron chi connectivity index (χ1n) is 8.35. The van der Waals surface area contributed by atoms with Crippen LogP contribution in [-0.4, -0.2) is 18.0 Å². The highest BCUT2D eigenvalue weighted by Crippen LogP contribution is 2.29. The molecular weight excluding hydrogens is 444 g/mol. The lowest BCUT2D eigenvalue weighted by molar-refractivity contribution is 0.102. The maximum atomic E-state index is 12.6. The van der Waals surface area contributed by atoms with Crippen molar-refractivity contribution in [1.82, 2.24) is 4.98 Å². The number of aromatic nitrogens is 1. The van der Waals surface area contributed by atoms with Gasteiger partial charge in [0.15, 0.2) is 5.58 Å². The number of carbonyl (C=O) groups is 1. The third-order valence-corrected chi connectivity index (χ3v) is 4.99. The number of fused-ring (bicyclic) bond motifs is 1. The van der Waals surface area contributed by atoms with Gasteiger partial charge in [-0.05, 0) is 70.5 Å². The van der Waals surface area contributed by atoms with Gasteiger partial charge >= 0.3 is 0 Å². The zero-order valence-electron chi connectivity index (χ0n) is 14.7. The Balaban J connectivity index is 1.59. The molecule has 0 saturated carbocycles. The van der Waals surface area contributed by atoms with Crippen LogP contribution in [0.15, 0.2) is 69.6 Å². The summed E-state index contributed by atoms with van der Waals surface area (Å²) in [5.74, 6) is 0.889. The number of nitrogens with one attached hydrogen (secondary N) is 1. The standard InChI is InChI=1S/C21H14BrClN2O3/c1-27-18-7-5-12(10-16(18)22)20(26)24-15-4-2-3-13(9-15)21-25-17-11-14(23)6-8-19(17)28-21/h2-11H,1H3,(H,24,26). The van der Waals surface area contributed by atoms with Gasteiger partial charge in [-0.25, -0.2) is 4.98 Å². The zero-order chi connectivity index (χ0) is 19.7. The number of benzene rings is 3. The summed E-state index contributed by atoms with van der Waals surface area (Å²) in [5.41, 5.74) is 3.22. The number of ether oxygens (including phenoxy) is 1. The maximum absolute atomic E-state index is 12.6. The predicted octanol–water partition coefficient (Wildman–Crippen LogP) is 6.17. The largest absolute Gasteiger partial charge is 0.496 e. The summed E-state index contributed by atoms with van der Waals surface area (Å²) in [7, 11) is 1.57. The molecule has 0 atom stereocenters. The van der Waals surface area contributed by atoms with Crippen molar-refractivity contribution in [1.29, 1.82) is 0 Å². The van der Waals surface area contributed by atoms with Crippen LogP contribution in [0.3, 0.4) is 0 Å². The number of nitrogens with zero attached hydrogens (tertiary/aromatic N) is 1. The van der Waals surface area contributed by atoms with E-state index in [0.29, 0.717) is 43.5 Å². The summed E-state index contributed by atoms with van der Waals surface area (Å²) >= 11 is 9.39. The predicted molar refractivity (Wildman–Crippen MR) is 113 cm³/mol. The molecule has 1 amide bonds. The highest BCUT2D eigenvalue weighted by molar-refractivity contribution is 9.10. The molecule has 4 aromatic rings. The second kappa shape index (κ2) is 7.66. The molecule has 0 fully saturated rings. The van der Waals surface area contributed by atoms with E-state index in [2.05, 4.69) is 26.2 Å². The van der Waals surface area contributed by atoms with Gasteiger partial charge in [0, 0.05) is 21.8 Å². The molecule has 0 bridgehead atoms. The van der Waals surface area contributed by atoms with E-state index < -0.39 is 0 Å². The lowest BCUT2D eigenvalue weighted by Crippen LogP contribution is -2.11. The van der Waals surface area contributed by atoms with E-state index in [4.69, 9.17) is 20.8 Å². The van der Waals surface area contributed by atoms with Gasteiger partial charge in [-0.2, -0.15) is 0 Å². The normalized spacial score (nSPS) is 10.8. The number of halogens is 2. The highest BCUT2D eigenvalue weighted by Gasteiger charge is 2.12. The fourth-order valence-corrected chi connectivity index (χ4v) is 3.47. The Bertz CT molecular complexity index is 1190. The number of oxazole rings is 1. The second-order valence-electron chi connectivity index (χ2n) is 6.02. The molecule has 28 heavy (non-hydrogen) atoms. The average Bonchev–Trinajstić information content (AvgIpc) is 3.11. The van der Waals surface area contributed by atoms with E-state index in [1.54, 1.807) is 49.6 Å². The number of hydrogen-bond acceptors (Lipinski definition) is 4. The quantitative estimate of drug-likeness (QED) is 0.398. The van der Waals surface area contributed by atoms with Crippen molar-refractivity contribution in [2.45, 2.75) is 0 Å². The van der Waals surface area contributed by atoms with Crippen molar-refractivity contribution in [3.05, 3.63) is 75.7 Å². The Labute approximate surface area is 174 Å². The number of carbonyl (C=O) groups excluding carboxylic acids is 1. The third-order valence-electron chi connectivity index (χ3n) is 4.13. The minimum Gasteiger partial charge on any atom is -0.496 e. The molecule has 0 aliphatic heterocycles. The van der Waals surface area contributed by atoms with Crippen molar-refractivity contribution in [3.8, 4) is 17.2 Å². The number of methoxy groups -OCH3 is 1. The molecule has 0 aliphatic rings. The molecule has 1 N–H and O–H groups in total. The van der Waals surface area contributed by atoms with Crippen molar-refractivity contribution < 1.29 is 13.9 Å². The van der Waals surface area contributed by atoms with Gasteiger partial charge in [-0.15, -0.1) is 0 Å². The summed E-state index contributed by atoms with van der Waals surface area (Å²) in [6.45, 7) is 0. The Kier molecular flexibility index (Phi) is 5.07. The average molecular weight is 458 g/mol. The number of rotatable bonds is 4. The summed E-state index contributed by atoms with van der Waals surface area (Å²) < 4.78 is 11.7. The minimum absolute atomic E-state index is 0.232.